The van der Waals surface area contributed by atoms with Crippen molar-refractivity contribution in [3.05, 3.63) is 103 Å². The van der Waals surface area contributed by atoms with Gasteiger partial charge in [-0.2, -0.15) is 0 Å². The summed E-state index contributed by atoms with van der Waals surface area (Å²) in [5.41, 5.74) is 6.76. The fourth-order valence-electron chi connectivity index (χ4n) is 3.31. The van der Waals surface area contributed by atoms with Crippen LogP contribution in [0.3, 0.4) is 0 Å². The zero-order chi connectivity index (χ0) is 18.6. The van der Waals surface area contributed by atoms with Gasteiger partial charge >= 0.3 is 0 Å². The third-order valence-electron chi connectivity index (χ3n) is 4.71. The Bertz CT molecular complexity index is 1090. The van der Waals surface area contributed by atoms with Crippen molar-refractivity contribution < 1.29 is 5.11 Å². The molecule has 130 valence electrons. The number of rotatable bonds is 4. The van der Waals surface area contributed by atoms with Gasteiger partial charge in [-0.1, -0.05) is 78.9 Å². The highest BCUT2D eigenvalue weighted by Crippen LogP contribution is 2.35. The van der Waals surface area contributed by atoms with Gasteiger partial charge in [0.05, 0.1) is 0 Å². The number of hydrogen-bond donors (Lipinski definition) is 2. The molecule has 2 N–H and O–H groups in total. The molecule has 0 aromatic heterocycles. The van der Waals surface area contributed by atoms with E-state index in [4.69, 9.17) is 5.41 Å². The van der Waals surface area contributed by atoms with E-state index in [1.165, 1.54) is 6.21 Å². The summed E-state index contributed by atoms with van der Waals surface area (Å²) < 4.78 is 0. The number of phenols is 1. The number of nitrogens with one attached hydrogen (secondary N) is 1. The average Bonchev–Trinajstić information content (AvgIpc) is 2.75. The molecule has 0 aliphatic rings. The molecule has 0 bridgehead atoms. The highest BCUT2D eigenvalue weighted by atomic mass is 16.3. The van der Waals surface area contributed by atoms with Crippen LogP contribution in [-0.4, -0.2) is 11.3 Å². The minimum atomic E-state index is 0.252. The standard InChI is InChI=1S/C25H19NO/c26-17-22-15-20(18-7-3-1-4-8-18)11-13-23(22)21-12-14-25(27)24(16-21)19-9-5-2-6-10-19/h1-17,26-27H. The largest absolute Gasteiger partial charge is 0.507 e. The summed E-state index contributed by atoms with van der Waals surface area (Å²) in [4.78, 5) is 0. The van der Waals surface area contributed by atoms with Gasteiger partial charge in [-0.05, 0) is 46.0 Å². The fourth-order valence-corrected chi connectivity index (χ4v) is 3.31. The molecular weight excluding hydrogens is 330 g/mol. The Hall–Kier alpha value is -3.65. The third-order valence-corrected chi connectivity index (χ3v) is 4.71. The molecule has 0 fully saturated rings. The smallest absolute Gasteiger partial charge is 0.123 e. The highest BCUT2D eigenvalue weighted by Gasteiger charge is 2.10. The zero-order valence-electron chi connectivity index (χ0n) is 14.8. The molecule has 0 heterocycles. The van der Waals surface area contributed by atoms with E-state index in [1.54, 1.807) is 6.07 Å². The maximum Gasteiger partial charge on any atom is 0.123 e. The molecule has 2 nitrogen and oxygen atoms in total. The second-order valence-corrected chi connectivity index (χ2v) is 6.41. The van der Waals surface area contributed by atoms with E-state index in [1.807, 2.05) is 72.8 Å². The Balaban J connectivity index is 1.81. The van der Waals surface area contributed by atoms with E-state index in [0.717, 1.165) is 38.9 Å². The van der Waals surface area contributed by atoms with Gasteiger partial charge in [0.15, 0.2) is 0 Å². The summed E-state index contributed by atoms with van der Waals surface area (Å²) in [6.07, 6.45) is 1.39. The Labute approximate surface area is 158 Å². The molecular formula is C25H19NO. The van der Waals surface area contributed by atoms with Crippen molar-refractivity contribution >= 4 is 6.21 Å². The molecule has 0 amide bonds. The first-order valence-electron chi connectivity index (χ1n) is 8.85. The maximum absolute atomic E-state index is 10.3. The Morgan fingerprint density at radius 3 is 1.85 bits per heavy atom. The van der Waals surface area contributed by atoms with E-state index in [0.29, 0.717) is 0 Å². The van der Waals surface area contributed by atoms with Crippen LogP contribution in [0.2, 0.25) is 0 Å². The summed E-state index contributed by atoms with van der Waals surface area (Å²) in [5.74, 6) is 0.252. The van der Waals surface area contributed by atoms with Crippen LogP contribution in [0, 0.1) is 5.41 Å². The molecule has 4 aromatic rings. The molecule has 4 aromatic carbocycles. The quantitative estimate of drug-likeness (QED) is 0.412. The van der Waals surface area contributed by atoms with Crippen LogP contribution >= 0.6 is 0 Å². The first-order chi connectivity index (χ1) is 13.3. The zero-order valence-corrected chi connectivity index (χ0v) is 14.8. The van der Waals surface area contributed by atoms with Crippen molar-refractivity contribution in [1.29, 1.82) is 5.41 Å². The van der Waals surface area contributed by atoms with Crippen LogP contribution in [0.15, 0.2) is 97.1 Å². The van der Waals surface area contributed by atoms with Gasteiger partial charge in [0.2, 0.25) is 0 Å². The predicted octanol–water partition coefficient (Wildman–Crippen LogP) is 6.39. The molecule has 0 unspecified atom stereocenters. The lowest BCUT2D eigenvalue weighted by Gasteiger charge is -2.12. The van der Waals surface area contributed by atoms with Gasteiger partial charge in [0.1, 0.15) is 5.75 Å². The minimum absolute atomic E-state index is 0.252. The molecule has 0 saturated carbocycles. The maximum atomic E-state index is 10.3. The summed E-state index contributed by atoms with van der Waals surface area (Å²) in [5, 5.41) is 18.2. The molecule has 0 spiro atoms. The number of benzene rings is 4. The fraction of sp³-hybridized carbons (Fsp3) is 0. The van der Waals surface area contributed by atoms with E-state index in [2.05, 4.69) is 18.2 Å². The van der Waals surface area contributed by atoms with E-state index in [-0.39, 0.29) is 5.75 Å². The molecule has 0 radical (unpaired) electrons. The lowest BCUT2D eigenvalue weighted by Crippen LogP contribution is -1.90. The van der Waals surface area contributed by atoms with Crippen molar-refractivity contribution in [1.82, 2.24) is 0 Å². The summed E-state index contributed by atoms with van der Waals surface area (Å²) in [6, 6.07) is 31.7. The number of hydrogen-bond acceptors (Lipinski definition) is 2. The molecule has 0 saturated heterocycles. The first kappa shape index (κ1) is 16.8. The van der Waals surface area contributed by atoms with Crippen LogP contribution in [0.4, 0.5) is 0 Å². The van der Waals surface area contributed by atoms with Gasteiger partial charge in [0, 0.05) is 17.3 Å². The van der Waals surface area contributed by atoms with Crippen molar-refractivity contribution in [3.63, 3.8) is 0 Å². The molecule has 0 aliphatic carbocycles. The Kier molecular flexibility index (Phi) is 4.54. The van der Waals surface area contributed by atoms with Crippen LogP contribution in [-0.2, 0) is 0 Å². The van der Waals surface area contributed by atoms with Crippen LogP contribution in [0.5, 0.6) is 5.75 Å². The lowest BCUT2D eigenvalue weighted by molar-refractivity contribution is 0.477. The topological polar surface area (TPSA) is 44.1 Å². The van der Waals surface area contributed by atoms with Crippen LogP contribution < -0.4 is 0 Å². The monoisotopic (exact) mass is 349 g/mol. The van der Waals surface area contributed by atoms with Crippen molar-refractivity contribution in [2.24, 2.45) is 0 Å². The molecule has 0 aliphatic heterocycles. The van der Waals surface area contributed by atoms with Crippen molar-refractivity contribution in [2.75, 3.05) is 0 Å². The highest BCUT2D eigenvalue weighted by molar-refractivity contribution is 5.92. The number of aromatic hydroxyl groups is 1. The molecule has 0 atom stereocenters. The van der Waals surface area contributed by atoms with Crippen LogP contribution in [0.1, 0.15) is 5.56 Å². The first-order valence-corrected chi connectivity index (χ1v) is 8.85. The Morgan fingerprint density at radius 2 is 1.19 bits per heavy atom. The molecule has 4 rings (SSSR count). The van der Waals surface area contributed by atoms with Crippen molar-refractivity contribution in [3.8, 4) is 39.1 Å². The minimum Gasteiger partial charge on any atom is -0.507 e. The Morgan fingerprint density at radius 1 is 0.556 bits per heavy atom. The summed E-state index contributed by atoms with van der Waals surface area (Å²) in [7, 11) is 0. The van der Waals surface area contributed by atoms with E-state index < -0.39 is 0 Å². The lowest BCUT2D eigenvalue weighted by atomic mass is 9.93. The number of phenolic OH excluding ortho intramolecular Hbond substituents is 1. The second-order valence-electron chi connectivity index (χ2n) is 6.41. The van der Waals surface area contributed by atoms with Gasteiger partial charge in [-0.15, -0.1) is 0 Å². The van der Waals surface area contributed by atoms with E-state index >= 15 is 0 Å². The van der Waals surface area contributed by atoms with Gasteiger partial charge in [0.25, 0.3) is 0 Å². The van der Waals surface area contributed by atoms with Gasteiger partial charge in [-0.3, -0.25) is 0 Å². The van der Waals surface area contributed by atoms with Crippen LogP contribution in [0.25, 0.3) is 33.4 Å². The molecule has 27 heavy (non-hydrogen) atoms. The van der Waals surface area contributed by atoms with Crippen molar-refractivity contribution in [2.45, 2.75) is 0 Å². The van der Waals surface area contributed by atoms with Gasteiger partial charge in [-0.25, -0.2) is 0 Å². The summed E-state index contributed by atoms with van der Waals surface area (Å²) >= 11 is 0. The van der Waals surface area contributed by atoms with Gasteiger partial charge < -0.3 is 10.5 Å². The normalized spacial score (nSPS) is 10.5. The SMILES string of the molecule is N=Cc1cc(-c2ccccc2)ccc1-c1ccc(O)c(-c2ccccc2)c1. The summed E-state index contributed by atoms with van der Waals surface area (Å²) in [6.45, 7) is 0. The molecule has 2 heteroatoms. The predicted molar refractivity (Wildman–Crippen MR) is 112 cm³/mol. The third kappa shape index (κ3) is 3.38. The second kappa shape index (κ2) is 7.30. The average molecular weight is 349 g/mol. The van der Waals surface area contributed by atoms with E-state index in [9.17, 15) is 5.11 Å².